The smallest absolute Gasteiger partial charge is 0.258 e. The third-order valence-electron chi connectivity index (χ3n) is 13.3. The zero-order chi connectivity index (χ0) is 48.6. The second-order valence-corrected chi connectivity index (χ2v) is 21.6. The number of aromatic nitrogens is 3. The predicted octanol–water partition coefficient (Wildman–Crippen LogP) is 7.60. The third kappa shape index (κ3) is 12.6. The standard InChI is InChI=1S/C49H64ClFN10O5S2/c1-29-22-33(40-30(2)57-28-67-40)13-14-35(29)25-55-44(63)38-8-7-21-61(38)45(64)41(59-46(65)49(51)17-18-49)48(3,4)68-27-32-11-9-31(10-12-32)24-53-19-20-54-43(62)34-15-16-37(39(23-34)66-6)58-47-56-26-36(50)42(52-5)60-47/h13-16,22-23,26,28,31-32,38,41,53H,7-12,17-21,24-25,27H2,1-6H3,(H,54,62)(H,55,63)(H,59,65)(H2,52,56,58,60)/t31-,32+,38?,41-/m1/s1. The molecule has 2 aliphatic carbocycles. The van der Waals surface area contributed by atoms with Crippen molar-refractivity contribution in [2.45, 2.75) is 108 Å². The van der Waals surface area contributed by atoms with Gasteiger partial charge in [-0.25, -0.2) is 14.4 Å². The molecule has 0 spiro atoms. The number of carbonyl (C=O) groups is 4. The summed E-state index contributed by atoms with van der Waals surface area (Å²) in [5.41, 5.74) is 5.05. The number of halogens is 2. The number of aryl methyl sites for hydroxylation is 2. The molecule has 2 saturated carbocycles. The second-order valence-electron chi connectivity index (χ2n) is 18.6. The van der Waals surface area contributed by atoms with Gasteiger partial charge in [0.1, 0.15) is 28.7 Å². The largest absolute Gasteiger partial charge is 0.495 e. The molecule has 1 unspecified atom stereocenters. The molecule has 2 aromatic carbocycles. The first-order valence-electron chi connectivity index (χ1n) is 23.5. The molecule has 68 heavy (non-hydrogen) atoms. The van der Waals surface area contributed by atoms with Crippen molar-refractivity contribution in [2.24, 2.45) is 11.8 Å². The number of ether oxygens (including phenoxy) is 1. The minimum absolute atomic E-state index is 0.142. The molecule has 3 heterocycles. The van der Waals surface area contributed by atoms with E-state index in [2.05, 4.69) is 52.9 Å². The lowest BCUT2D eigenvalue weighted by Gasteiger charge is -2.39. The Labute approximate surface area is 411 Å². The number of methoxy groups -OCH3 is 1. The number of amides is 4. The maximum Gasteiger partial charge on any atom is 0.258 e. The molecule has 19 heteroatoms. The van der Waals surface area contributed by atoms with E-state index < -0.39 is 28.4 Å². The monoisotopic (exact) mass is 990 g/mol. The van der Waals surface area contributed by atoms with Gasteiger partial charge in [-0.2, -0.15) is 16.7 Å². The van der Waals surface area contributed by atoms with Gasteiger partial charge in [0, 0.05) is 43.5 Å². The summed E-state index contributed by atoms with van der Waals surface area (Å²) in [6, 6.07) is 9.59. The van der Waals surface area contributed by atoms with Gasteiger partial charge >= 0.3 is 0 Å². The lowest BCUT2D eigenvalue weighted by molar-refractivity contribution is -0.143. The quantitative estimate of drug-likeness (QED) is 0.0449. The van der Waals surface area contributed by atoms with Crippen molar-refractivity contribution >= 4 is 75.8 Å². The van der Waals surface area contributed by atoms with E-state index in [-0.39, 0.29) is 30.6 Å². The van der Waals surface area contributed by atoms with E-state index in [0.29, 0.717) is 84.6 Å². The van der Waals surface area contributed by atoms with Crippen LogP contribution in [0.4, 0.5) is 21.8 Å². The highest BCUT2D eigenvalue weighted by Gasteiger charge is 2.54. The number of carbonyl (C=O) groups excluding carboxylic acids is 4. The zero-order valence-corrected chi connectivity index (χ0v) is 42.1. The average molecular weight is 992 g/mol. The highest BCUT2D eigenvalue weighted by atomic mass is 35.5. The highest BCUT2D eigenvalue weighted by molar-refractivity contribution is 8.00. The molecule has 366 valence electrons. The molecule has 4 aromatic rings. The molecule has 4 amide bonds. The van der Waals surface area contributed by atoms with Gasteiger partial charge in [0.2, 0.25) is 17.8 Å². The fraction of sp³-hybridized carbons (Fsp3) is 0.531. The van der Waals surface area contributed by atoms with Crippen LogP contribution < -0.4 is 36.6 Å². The van der Waals surface area contributed by atoms with Crippen molar-refractivity contribution in [2.75, 3.05) is 56.7 Å². The Morgan fingerprint density at radius 1 is 1.01 bits per heavy atom. The van der Waals surface area contributed by atoms with Crippen LogP contribution in [0.5, 0.6) is 5.75 Å². The van der Waals surface area contributed by atoms with E-state index >= 15 is 4.39 Å². The zero-order valence-electron chi connectivity index (χ0n) is 39.7. The number of hydrogen-bond donors (Lipinski definition) is 6. The van der Waals surface area contributed by atoms with Crippen LogP contribution in [0.15, 0.2) is 48.1 Å². The van der Waals surface area contributed by atoms with Gasteiger partial charge in [-0.15, -0.1) is 11.3 Å². The number of anilines is 3. The fourth-order valence-electron chi connectivity index (χ4n) is 8.86. The van der Waals surface area contributed by atoms with Gasteiger partial charge < -0.3 is 41.5 Å². The Kier molecular flexibility index (Phi) is 16.9. The van der Waals surface area contributed by atoms with Crippen molar-refractivity contribution < 1.29 is 28.3 Å². The fourth-order valence-corrected chi connectivity index (χ4v) is 11.2. The molecule has 0 bridgehead atoms. The Bertz CT molecular complexity index is 2450. The van der Waals surface area contributed by atoms with Crippen LogP contribution in [0.2, 0.25) is 5.02 Å². The van der Waals surface area contributed by atoms with Crippen LogP contribution in [0, 0.1) is 25.7 Å². The lowest BCUT2D eigenvalue weighted by Crippen LogP contribution is -2.61. The summed E-state index contributed by atoms with van der Waals surface area (Å²) in [5.74, 6) is 1.45. The molecular formula is C49H64ClFN10O5S2. The topological polar surface area (TPSA) is 192 Å². The summed E-state index contributed by atoms with van der Waals surface area (Å²) in [5, 5.41) is 18.8. The molecule has 3 aliphatic rings. The van der Waals surface area contributed by atoms with Crippen molar-refractivity contribution in [3.63, 3.8) is 0 Å². The minimum atomic E-state index is -1.95. The molecular weight excluding hydrogens is 927 g/mol. The number of alkyl halides is 1. The van der Waals surface area contributed by atoms with Crippen molar-refractivity contribution in [1.82, 2.24) is 41.1 Å². The number of nitrogens with one attached hydrogen (secondary N) is 6. The van der Waals surface area contributed by atoms with Crippen LogP contribution >= 0.6 is 34.7 Å². The highest BCUT2D eigenvalue weighted by Crippen LogP contribution is 2.42. The minimum Gasteiger partial charge on any atom is -0.495 e. The summed E-state index contributed by atoms with van der Waals surface area (Å²) < 4.78 is 19.9. The SMILES string of the molecule is CNc1nc(Nc2ccc(C(=O)NCCNC[C@H]3CC[C@@H](CSC(C)(C)[C@H](NC(=O)C4(F)CC4)C(=O)N4CCCC4C(=O)NCc4ccc(-c5scnc5C)cc4C)CC3)cc2OC)ncc1Cl. The number of rotatable bonds is 21. The number of thioether (sulfide) groups is 1. The van der Waals surface area contributed by atoms with E-state index in [1.807, 2.05) is 45.3 Å². The van der Waals surface area contributed by atoms with E-state index in [0.717, 1.165) is 65.2 Å². The van der Waals surface area contributed by atoms with Crippen molar-refractivity contribution in [3.05, 3.63) is 75.5 Å². The molecule has 2 atom stereocenters. The molecule has 6 N–H and O–H groups in total. The van der Waals surface area contributed by atoms with E-state index in [1.54, 1.807) is 53.2 Å². The summed E-state index contributed by atoms with van der Waals surface area (Å²) >= 11 is 9.34. The summed E-state index contributed by atoms with van der Waals surface area (Å²) in [6.45, 7) is 10.5. The molecule has 2 aromatic heterocycles. The molecule has 15 nitrogen and oxygen atoms in total. The van der Waals surface area contributed by atoms with Gasteiger partial charge in [0.15, 0.2) is 5.67 Å². The molecule has 7 rings (SSSR count). The van der Waals surface area contributed by atoms with Gasteiger partial charge in [-0.05, 0) is 138 Å². The van der Waals surface area contributed by atoms with Gasteiger partial charge in [-0.3, -0.25) is 19.2 Å². The maximum absolute atomic E-state index is 15.1. The Morgan fingerprint density at radius 3 is 2.47 bits per heavy atom. The van der Waals surface area contributed by atoms with Gasteiger partial charge in [-0.1, -0.05) is 29.8 Å². The first-order chi connectivity index (χ1) is 32.6. The Hall–Kier alpha value is -5.04. The molecule has 1 aliphatic heterocycles. The maximum atomic E-state index is 15.1. The van der Waals surface area contributed by atoms with Crippen LogP contribution in [0.3, 0.4) is 0 Å². The third-order valence-corrected chi connectivity index (χ3v) is 16.2. The number of benzene rings is 2. The van der Waals surface area contributed by atoms with E-state index in [1.165, 1.54) is 13.3 Å². The second kappa shape index (κ2) is 22.6. The summed E-state index contributed by atoms with van der Waals surface area (Å²) in [7, 11) is 3.25. The van der Waals surface area contributed by atoms with E-state index in [4.69, 9.17) is 16.3 Å². The first-order valence-corrected chi connectivity index (χ1v) is 25.7. The molecule has 0 radical (unpaired) electrons. The van der Waals surface area contributed by atoms with Crippen LogP contribution in [-0.4, -0.2) is 112 Å². The number of hydrogen-bond acceptors (Lipinski definition) is 13. The number of nitrogens with zero attached hydrogens (tertiary/aromatic N) is 4. The predicted molar refractivity (Wildman–Crippen MR) is 269 cm³/mol. The first kappa shape index (κ1) is 50.8. The van der Waals surface area contributed by atoms with Crippen LogP contribution in [0.1, 0.15) is 92.4 Å². The number of thiazole rings is 1. The Morgan fingerprint density at radius 2 is 1.78 bits per heavy atom. The van der Waals surface area contributed by atoms with E-state index in [9.17, 15) is 19.2 Å². The van der Waals surface area contributed by atoms with Crippen molar-refractivity contribution in [3.8, 4) is 16.2 Å². The van der Waals surface area contributed by atoms with Crippen LogP contribution in [0.25, 0.3) is 10.4 Å². The summed E-state index contributed by atoms with van der Waals surface area (Å²) in [6.07, 6.45) is 7.10. The van der Waals surface area contributed by atoms with Crippen LogP contribution in [-0.2, 0) is 20.9 Å². The van der Waals surface area contributed by atoms with Gasteiger partial charge in [0.05, 0.1) is 35.1 Å². The lowest BCUT2D eigenvalue weighted by atomic mass is 9.83. The average Bonchev–Trinajstić information content (AvgIpc) is 3.66. The molecule has 1 saturated heterocycles. The van der Waals surface area contributed by atoms with Gasteiger partial charge in [0.25, 0.3) is 11.8 Å². The summed E-state index contributed by atoms with van der Waals surface area (Å²) in [4.78, 5) is 70.1. The Balaban J connectivity index is 0.853. The normalized spacial score (nSPS) is 19.2. The molecule has 3 fully saturated rings. The van der Waals surface area contributed by atoms with Crippen molar-refractivity contribution in [1.29, 1.82) is 0 Å². The number of likely N-dealkylation sites (tertiary alicyclic amines) is 1.